The standard InChI is InChI=1S/C17H25NO4S/c1-4-23(20,21)22-16-9-5-14(6-10-16)12-18(11-13(2)3)17(19)15-7-8-15/h5-6,9-10,13,15H,4,7-8,11-12H2,1-3H3. The fourth-order valence-electron chi connectivity index (χ4n) is 2.34. The maximum absolute atomic E-state index is 12.4. The van der Waals surface area contributed by atoms with E-state index in [1.807, 2.05) is 17.0 Å². The van der Waals surface area contributed by atoms with Crippen LogP contribution < -0.4 is 4.18 Å². The van der Waals surface area contributed by atoms with Crippen LogP contribution in [0.3, 0.4) is 0 Å². The van der Waals surface area contributed by atoms with Gasteiger partial charge in [-0.1, -0.05) is 26.0 Å². The number of rotatable bonds is 8. The van der Waals surface area contributed by atoms with E-state index in [9.17, 15) is 13.2 Å². The van der Waals surface area contributed by atoms with E-state index in [0.717, 1.165) is 24.9 Å². The quantitative estimate of drug-likeness (QED) is 0.683. The van der Waals surface area contributed by atoms with Crippen LogP contribution in [0.15, 0.2) is 24.3 Å². The van der Waals surface area contributed by atoms with Crippen molar-refractivity contribution in [2.24, 2.45) is 11.8 Å². The van der Waals surface area contributed by atoms with Crippen molar-refractivity contribution in [3.05, 3.63) is 29.8 Å². The van der Waals surface area contributed by atoms with Gasteiger partial charge in [0, 0.05) is 19.0 Å². The Bertz CT molecular complexity index is 633. The lowest BCUT2D eigenvalue weighted by molar-refractivity contribution is -0.133. The number of nitrogens with zero attached hydrogens (tertiary/aromatic N) is 1. The molecule has 0 radical (unpaired) electrons. The summed E-state index contributed by atoms with van der Waals surface area (Å²) in [6.07, 6.45) is 1.99. The van der Waals surface area contributed by atoms with Crippen LogP contribution in [-0.4, -0.2) is 31.5 Å². The Hall–Kier alpha value is -1.56. The molecular weight excluding hydrogens is 314 g/mol. The molecule has 1 aliphatic rings. The lowest BCUT2D eigenvalue weighted by Gasteiger charge is -2.25. The van der Waals surface area contributed by atoms with Gasteiger partial charge >= 0.3 is 10.1 Å². The predicted molar refractivity (Wildman–Crippen MR) is 89.5 cm³/mol. The van der Waals surface area contributed by atoms with Gasteiger partial charge in [-0.3, -0.25) is 4.79 Å². The Kier molecular flexibility index (Phi) is 5.68. The number of carbonyl (C=O) groups is 1. The summed E-state index contributed by atoms with van der Waals surface area (Å²) in [5.41, 5.74) is 0.973. The van der Waals surface area contributed by atoms with Crippen LogP contribution in [-0.2, 0) is 21.5 Å². The molecule has 23 heavy (non-hydrogen) atoms. The van der Waals surface area contributed by atoms with E-state index in [-0.39, 0.29) is 17.6 Å². The summed E-state index contributed by atoms with van der Waals surface area (Å²) in [7, 11) is -3.51. The summed E-state index contributed by atoms with van der Waals surface area (Å²) in [5.74, 6) is 1.08. The zero-order chi connectivity index (χ0) is 17.0. The first kappa shape index (κ1) is 17.8. The average molecular weight is 339 g/mol. The molecule has 1 aromatic rings. The molecule has 1 amide bonds. The van der Waals surface area contributed by atoms with Gasteiger partial charge in [-0.15, -0.1) is 0 Å². The fraction of sp³-hybridized carbons (Fsp3) is 0.588. The SMILES string of the molecule is CCS(=O)(=O)Oc1ccc(CN(CC(C)C)C(=O)C2CC2)cc1. The van der Waals surface area contributed by atoms with Crippen molar-refractivity contribution in [2.45, 2.75) is 40.2 Å². The summed E-state index contributed by atoms with van der Waals surface area (Å²) in [4.78, 5) is 14.3. The van der Waals surface area contributed by atoms with E-state index in [2.05, 4.69) is 13.8 Å². The highest BCUT2D eigenvalue weighted by Gasteiger charge is 2.33. The van der Waals surface area contributed by atoms with Gasteiger partial charge in [0.15, 0.2) is 0 Å². The fourth-order valence-corrected chi connectivity index (χ4v) is 2.86. The lowest BCUT2D eigenvalue weighted by atomic mass is 10.1. The van der Waals surface area contributed by atoms with Crippen LogP contribution in [0, 0.1) is 11.8 Å². The van der Waals surface area contributed by atoms with Gasteiger partial charge in [-0.05, 0) is 43.4 Å². The number of hydrogen-bond acceptors (Lipinski definition) is 4. The molecule has 0 saturated heterocycles. The normalized spacial score (nSPS) is 14.8. The average Bonchev–Trinajstić information content (AvgIpc) is 3.32. The first-order valence-corrected chi connectivity index (χ1v) is 9.68. The smallest absolute Gasteiger partial charge is 0.308 e. The van der Waals surface area contributed by atoms with Crippen LogP contribution in [0.2, 0.25) is 0 Å². The van der Waals surface area contributed by atoms with Crippen molar-refractivity contribution >= 4 is 16.0 Å². The Morgan fingerprint density at radius 3 is 2.35 bits per heavy atom. The van der Waals surface area contributed by atoms with Gasteiger partial charge in [0.1, 0.15) is 5.75 Å². The van der Waals surface area contributed by atoms with Crippen molar-refractivity contribution in [3.8, 4) is 5.75 Å². The predicted octanol–water partition coefficient (Wildman–Crippen LogP) is 2.81. The van der Waals surface area contributed by atoms with E-state index >= 15 is 0 Å². The molecule has 1 aromatic carbocycles. The highest BCUT2D eigenvalue weighted by atomic mass is 32.2. The minimum absolute atomic E-state index is 0.0627. The zero-order valence-corrected chi connectivity index (χ0v) is 14.8. The molecule has 0 heterocycles. The second-order valence-electron chi connectivity index (χ2n) is 6.46. The van der Waals surface area contributed by atoms with Crippen molar-refractivity contribution in [1.82, 2.24) is 4.90 Å². The molecule has 1 saturated carbocycles. The largest absolute Gasteiger partial charge is 0.382 e. The van der Waals surface area contributed by atoms with Gasteiger partial charge in [-0.2, -0.15) is 8.42 Å². The Labute approximate surface area is 138 Å². The summed E-state index contributed by atoms with van der Waals surface area (Å²) in [6.45, 7) is 7.02. The van der Waals surface area contributed by atoms with E-state index in [1.54, 1.807) is 12.1 Å². The molecule has 6 heteroatoms. The molecule has 0 bridgehead atoms. The second kappa shape index (κ2) is 7.34. The third kappa shape index (κ3) is 5.53. The molecule has 1 fully saturated rings. The molecule has 0 unspecified atom stereocenters. The second-order valence-corrected chi connectivity index (χ2v) is 8.32. The number of hydrogen-bond donors (Lipinski definition) is 0. The topological polar surface area (TPSA) is 63.7 Å². The van der Waals surface area contributed by atoms with Gasteiger partial charge in [0.2, 0.25) is 5.91 Å². The summed E-state index contributed by atoms with van der Waals surface area (Å²) < 4.78 is 27.9. The molecule has 2 rings (SSSR count). The van der Waals surface area contributed by atoms with Crippen molar-refractivity contribution in [3.63, 3.8) is 0 Å². The molecule has 0 N–H and O–H groups in total. The lowest BCUT2D eigenvalue weighted by Crippen LogP contribution is -2.34. The van der Waals surface area contributed by atoms with E-state index in [1.165, 1.54) is 6.92 Å². The summed E-state index contributed by atoms with van der Waals surface area (Å²) in [5, 5.41) is 0. The minimum Gasteiger partial charge on any atom is -0.382 e. The summed E-state index contributed by atoms with van der Waals surface area (Å²) in [6, 6.07) is 6.90. The minimum atomic E-state index is -3.51. The molecule has 1 aliphatic carbocycles. The summed E-state index contributed by atoms with van der Waals surface area (Å²) >= 11 is 0. The highest BCUT2D eigenvalue weighted by molar-refractivity contribution is 7.87. The number of amides is 1. The maximum atomic E-state index is 12.4. The van der Waals surface area contributed by atoms with Crippen molar-refractivity contribution in [2.75, 3.05) is 12.3 Å². The monoisotopic (exact) mass is 339 g/mol. The Morgan fingerprint density at radius 2 is 1.87 bits per heavy atom. The van der Waals surface area contributed by atoms with Crippen LogP contribution in [0.1, 0.15) is 39.2 Å². The first-order chi connectivity index (χ1) is 10.8. The van der Waals surface area contributed by atoms with E-state index in [0.29, 0.717) is 18.2 Å². The van der Waals surface area contributed by atoms with Crippen molar-refractivity contribution < 1.29 is 17.4 Å². The maximum Gasteiger partial charge on any atom is 0.308 e. The zero-order valence-electron chi connectivity index (χ0n) is 14.0. The molecule has 128 valence electrons. The van der Waals surface area contributed by atoms with Gasteiger partial charge in [-0.25, -0.2) is 0 Å². The Balaban J connectivity index is 2.03. The molecule has 0 atom stereocenters. The molecule has 0 aromatic heterocycles. The van der Waals surface area contributed by atoms with Crippen molar-refractivity contribution in [1.29, 1.82) is 0 Å². The number of carbonyl (C=O) groups excluding carboxylic acids is 1. The van der Waals surface area contributed by atoms with Crippen LogP contribution in [0.5, 0.6) is 5.75 Å². The van der Waals surface area contributed by atoms with Crippen LogP contribution >= 0.6 is 0 Å². The van der Waals surface area contributed by atoms with E-state index in [4.69, 9.17) is 4.18 Å². The molecule has 5 nitrogen and oxygen atoms in total. The first-order valence-electron chi connectivity index (χ1n) is 8.10. The molecular formula is C17H25NO4S. The van der Waals surface area contributed by atoms with Crippen LogP contribution in [0.25, 0.3) is 0 Å². The third-order valence-corrected chi connectivity index (χ3v) is 4.85. The third-order valence-electron chi connectivity index (χ3n) is 3.70. The van der Waals surface area contributed by atoms with Gasteiger partial charge in [0.25, 0.3) is 0 Å². The molecule has 0 spiro atoms. The van der Waals surface area contributed by atoms with Gasteiger partial charge < -0.3 is 9.08 Å². The highest BCUT2D eigenvalue weighted by Crippen LogP contribution is 2.32. The Morgan fingerprint density at radius 1 is 1.26 bits per heavy atom. The van der Waals surface area contributed by atoms with E-state index < -0.39 is 10.1 Å². The van der Waals surface area contributed by atoms with Crippen LogP contribution in [0.4, 0.5) is 0 Å². The molecule has 0 aliphatic heterocycles. The number of benzene rings is 1. The van der Waals surface area contributed by atoms with Gasteiger partial charge in [0.05, 0.1) is 5.75 Å².